The molecule has 0 aliphatic carbocycles. The van der Waals surface area contributed by atoms with E-state index < -0.39 is 0 Å². The first kappa shape index (κ1) is 17.2. The van der Waals surface area contributed by atoms with Crippen LogP contribution in [0.25, 0.3) is 0 Å². The second-order valence-corrected chi connectivity index (χ2v) is 5.67. The molecule has 0 spiro atoms. The van der Waals surface area contributed by atoms with E-state index in [4.69, 9.17) is 4.74 Å². The minimum Gasteiger partial charge on any atom is -0.367 e. The molecule has 0 aliphatic heterocycles. The molecule has 0 fully saturated rings. The average Bonchev–Trinajstić information content (AvgIpc) is 2.82. The summed E-state index contributed by atoms with van der Waals surface area (Å²) in [5, 5.41) is 7.48. The summed E-state index contributed by atoms with van der Waals surface area (Å²) in [5.41, 5.74) is 4.21. The highest BCUT2D eigenvalue weighted by Crippen LogP contribution is 2.21. The van der Waals surface area contributed by atoms with Gasteiger partial charge in [0.25, 0.3) is 0 Å². The molecule has 124 valence electrons. The standard InChI is InChI=1S/C18H25N3O2/c1-5-21-15(4)18(14(3)20-21)13(2)19-17(22)12-23-11-16-9-7-6-8-10-16/h6-10,13H,5,11-12H2,1-4H3,(H,19,22). The van der Waals surface area contributed by atoms with E-state index in [-0.39, 0.29) is 18.6 Å². The number of nitrogens with one attached hydrogen (secondary N) is 1. The van der Waals surface area contributed by atoms with Crippen LogP contribution < -0.4 is 5.32 Å². The van der Waals surface area contributed by atoms with Gasteiger partial charge < -0.3 is 10.1 Å². The summed E-state index contributed by atoms with van der Waals surface area (Å²) < 4.78 is 7.43. The fourth-order valence-corrected chi connectivity index (χ4v) is 2.84. The Morgan fingerprint density at radius 1 is 1.30 bits per heavy atom. The monoisotopic (exact) mass is 315 g/mol. The van der Waals surface area contributed by atoms with Crippen molar-refractivity contribution in [3.05, 3.63) is 52.8 Å². The van der Waals surface area contributed by atoms with Gasteiger partial charge in [-0.25, -0.2) is 0 Å². The maximum absolute atomic E-state index is 12.1. The molecule has 2 aromatic rings. The Bertz CT molecular complexity index is 650. The SMILES string of the molecule is CCn1nc(C)c(C(C)NC(=O)COCc2ccccc2)c1C. The van der Waals surface area contributed by atoms with E-state index in [2.05, 4.69) is 17.3 Å². The van der Waals surface area contributed by atoms with Crippen molar-refractivity contribution in [2.75, 3.05) is 6.61 Å². The van der Waals surface area contributed by atoms with Gasteiger partial charge in [-0.15, -0.1) is 0 Å². The van der Waals surface area contributed by atoms with Crippen molar-refractivity contribution >= 4 is 5.91 Å². The first-order valence-corrected chi connectivity index (χ1v) is 7.97. The number of nitrogens with zero attached hydrogens (tertiary/aromatic N) is 2. The third kappa shape index (κ3) is 4.42. The third-order valence-electron chi connectivity index (χ3n) is 3.89. The lowest BCUT2D eigenvalue weighted by molar-refractivity contribution is -0.126. The maximum Gasteiger partial charge on any atom is 0.246 e. The number of carbonyl (C=O) groups is 1. The number of benzene rings is 1. The number of carbonyl (C=O) groups excluding carboxylic acids is 1. The molecule has 1 atom stereocenters. The molecule has 1 N–H and O–H groups in total. The number of aromatic nitrogens is 2. The number of ether oxygens (including phenoxy) is 1. The van der Waals surface area contributed by atoms with Crippen molar-refractivity contribution in [1.82, 2.24) is 15.1 Å². The van der Waals surface area contributed by atoms with Crippen molar-refractivity contribution in [3.63, 3.8) is 0 Å². The first-order chi connectivity index (χ1) is 11.0. The Kier molecular flexibility index (Phi) is 5.93. The highest BCUT2D eigenvalue weighted by Gasteiger charge is 2.18. The molecule has 1 aromatic carbocycles. The van der Waals surface area contributed by atoms with E-state index in [9.17, 15) is 4.79 Å². The first-order valence-electron chi connectivity index (χ1n) is 7.97. The van der Waals surface area contributed by atoms with Crippen LogP contribution in [0, 0.1) is 13.8 Å². The van der Waals surface area contributed by atoms with Gasteiger partial charge in [0.05, 0.1) is 18.3 Å². The van der Waals surface area contributed by atoms with Crippen molar-refractivity contribution in [3.8, 4) is 0 Å². The van der Waals surface area contributed by atoms with Gasteiger partial charge in [0.2, 0.25) is 5.91 Å². The second kappa shape index (κ2) is 7.92. The molecule has 0 bridgehead atoms. The molecule has 0 aliphatic rings. The van der Waals surface area contributed by atoms with Crippen molar-refractivity contribution in [2.24, 2.45) is 0 Å². The Morgan fingerprint density at radius 2 is 2.00 bits per heavy atom. The molecule has 1 amide bonds. The lowest BCUT2D eigenvalue weighted by atomic mass is 10.1. The van der Waals surface area contributed by atoms with E-state index in [0.717, 1.165) is 29.1 Å². The number of hydrogen-bond donors (Lipinski definition) is 1. The van der Waals surface area contributed by atoms with Crippen LogP contribution >= 0.6 is 0 Å². The number of amides is 1. The van der Waals surface area contributed by atoms with Crippen molar-refractivity contribution in [2.45, 2.75) is 46.9 Å². The number of aryl methyl sites for hydroxylation is 2. The Hall–Kier alpha value is -2.14. The molecular formula is C18H25N3O2. The Labute approximate surface area is 137 Å². The lowest BCUT2D eigenvalue weighted by Crippen LogP contribution is -2.30. The van der Waals surface area contributed by atoms with Crippen LogP contribution in [0.1, 0.15) is 42.4 Å². The van der Waals surface area contributed by atoms with E-state index in [1.807, 2.05) is 55.8 Å². The number of rotatable bonds is 7. The van der Waals surface area contributed by atoms with Crippen molar-refractivity contribution < 1.29 is 9.53 Å². The Morgan fingerprint density at radius 3 is 2.61 bits per heavy atom. The maximum atomic E-state index is 12.1. The predicted octanol–water partition coefficient (Wildman–Crippen LogP) is 2.91. The van der Waals surface area contributed by atoms with Gasteiger partial charge in [-0.3, -0.25) is 9.48 Å². The summed E-state index contributed by atoms with van der Waals surface area (Å²) in [6.45, 7) is 9.37. The highest BCUT2D eigenvalue weighted by atomic mass is 16.5. The van der Waals surface area contributed by atoms with E-state index >= 15 is 0 Å². The topological polar surface area (TPSA) is 56.2 Å². The molecule has 5 heteroatoms. The van der Waals surface area contributed by atoms with Crippen LogP contribution in [0.15, 0.2) is 30.3 Å². The molecule has 1 heterocycles. The largest absolute Gasteiger partial charge is 0.367 e. The normalized spacial score (nSPS) is 12.2. The summed E-state index contributed by atoms with van der Waals surface area (Å²) in [4.78, 5) is 12.1. The average molecular weight is 315 g/mol. The van der Waals surface area contributed by atoms with Crippen LogP contribution in [-0.4, -0.2) is 22.3 Å². The Balaban J connectivity index is 1.86. The molecule has 2 rings (SSSR count). The van der Waals surface area contributed by atoms with Crippen LogP contribution in [0.2, 0.25) is 0 Å². The molecule has 0 saturated carbocycles. The summed E-state index contributed by atoms with van der Waals surface area (Å²) in [6.07, 6.45) is 0. The molecule has 5 nitrogen and oxygen atoms in total. The van der Waals surface area contributed by atoms with Crippen LogP contribution in [-0.2, 0) is 22.7 Å². The van der Waals surface area contributed by atoms with Gasteiger partial charge in [-0.05, 0) is 33.3 Å². The minimum absolute atomic E-state index is 0.0548. The summed E-state index contributed by atoms with van der Waals surface area (Å²) in [7, 11) is 0. The smallest absolute Gasteiger partial charge is 0.246 e. The van der Waals surface area contributed by atoms with Crippen molar-refractivity contribution in [1.29, 1.82) is 0 Å². The van der Waals surface area contributed by atoms with Crippen LogP contribution in [0.4, 0.5) is 0 Å². The van der Waals surface area contributed by atoms with Crippen LogP contribution in [0.3, 0.4) is 0 Å². The van der Waals surface area contributed by atoms with E-state index in [1.54, 1.807) is 0 Å². The minimum atomic E-state index is -0.114. The zero-order valence-electron chi connectivity index (χ0n) is 14.3. The molecule has 1 unspecified atom stereocenters. The van der Waals surface area contributed by atoms with Gasteiger partial charge in [0.1, 0.15) is 6.61 Å². The van der Waals surface area contributed by atoms with Gasteiger partial charge >= 0.3 is 0 Å². The third-order valence-corrected chi connectivity index (χ3v) is 3.89. The summed E-state index contributed by atoms with van der Waals surface area (Å²) in [6, 6.07) is 9.75. The quantitative estimate of drug-likeness (QED) is 0.854. The lowest BCUT2D eigenvalue weighted by Gasteiger charge is -2.15. The fraction of sp³-hybridized carbons (Fsp3) is 0.444. The molecule has 23 heavy (non-hydrogen) atoms. The van der Waals surface area contributed by atoms with Gasteiger partial charge in [-0.1, -0.05) is 30.3 Å². The summed E-state index contributed by atoms with van der Waals surface area (Å²) >= 11 is 0. The molecular weight excluding hydrogens is 290 g/mol. The zero-order valence-corrected chi connectivity index (χ0v) is 14.3. The van der Waals surface area contributed by atoms with Crippen LogP contribution in [0.5, 0.6) is 0 Å². The molecule has 0 radical (unpaired) electrons. The molecule has 0 saturated heterocycles. The predicted molar refractivity (Wildman–Crippen MR) is 90.0 cm³/mol. The van der Waals surface area contributed by atoms with E-state index in [0.29, 0.717) is 6.61 Å². The van der Waals surface area contributed by atoms with Gasteiger partial charge in [-0.2, -0.15) is 5.10 Å². The highest BCUT2D eigenvalue weighted by molar-refractivity contribution is 5.77. The second-order valence-electron chi connectivity index (χ2n) is 5.67. The van der Waals surface area contributed by atoms with Gasteiger partial charge in [0, 0.05) is 17.8 Å². The van der Waals surface area contributed by atoms with Gasteiger partial charge in [0.15, 0.2) is 0 Å². The molecule has 1 aromatic heterocycles. The zero-order chi connectivity index (χ0) is 16.8. The fourth-order valence-electron chi connectivity index (χ4n) is 2.84. The van der Waals surface area contributed by atoms with E-state index in [1.165, 1.54) is 0 Å². The number of hydrogen-bond acceptors (Lipinski definition) is 3. The summed E-state index contributed by atoms with van der Waals surface area (Å²) in [5.74, 6) is -0.114.